The van der Waals surface area contributed by atoms with Crippen LogP contribution in [0.3, 0.4) is 0 Å². The minimum absolute atomic E-state index is 0.156. The van der Waals surface area contributed by atoms with Gasteiger partial charge in [0.25, 0.3) is 5.91 Å². The molecule has 4 rings (SSSR count). The molecular weight excluding hydrogens is 302 g/mol. The van der Waals surface area contributed by atoms with Gasteiger partial charge in [0.1, 0.15) is 11.4 Å². The van der Waals surface area contributed by atoms with E-state index in [-0.39, 0.29) is 11.4 Å². The summed E-state index contributed by atoms with van der Waals surface area (Å²) in [4.78, 5) is 20.8. The van der Waals surface area contributed by atoms with Crippen molar-refractivity contribution in [2.45, 2.75) is 0 Å². The molecule has 1 amide bonds. The summed E-state index contributed by atoms with van der Waals surface area (Å²) in [5, 5.41) is 11.3. The molecule has 0 unspecified atom stereocenters. The van der Waals surface area contributed by atoms with E-state index >= 15 is 0 Å². The molecule has 4 aromatic rings. The van der Waals surface area contributed by atoms with E-state index in [2.05, 4.69) is 9.97 Å². The summed E-state index contributed by atoms with van der Waals surface area (Å²) in [6.45, 7) is 0. The molecule has 3 N–H and O–H groups in total. The lowest BCUT2D eigenvalue weighted by Gasteiger charge is -2.10. The summed E-state index contributed by atoms with van der Waals surface area (Å²) < 4.78 is 0. The molecule has 0 bridgehead atoms. The van der Waals surface area contributed by atoms with Crippen molar-refractivity contribution in [1.82, 2.24) is 9.97 Å². The number of fused-ring (bicyclic) bond motifs is 3. The Labute approximate surface area is 137 Å². The fourth-order valence-electron chi connectivity index (χ4n) is 2.82. The standard InChI is InChI=1S/C19H13N3O2/c20-19(24)18-15(11-5-7-14(23)8-6-11)10-13-4-3-12-2-1-9-21-16(12)17(13)22-18/h1-10,23H,(H2,20,24). The number of nitrogens with two attached hydrogens (primary N) is 1. The van der Waals surface area contributed by atoms with Gasteiger partial charge >= 0.3 is 0 Å². The second-order valence-electron chi connectivity index (χ2n) is 5.51. The highest BCUT2D eigenvalue weighted by Gasteiger charge is 2.15. The molecule has 24 heavy (non-hydrogen) atoms. The third kappa shape index (κ3) is 2.23. The van der Waals surface area contributed by atoms with E-state index in [1.807, 2.05) is 30.3 Å². The molecule has 0 spiro atoms. The quantitative estimate of drug-likeness (QED) is 0.556. The monoisotopic (exact) mass is 315 g/mol. The Morgan fingerprint density at radius 1 is 0.958 bits per heavy atom. The largest absolute Gasteiger partial charge is 0.508 e. The van der Waals surface area contributed by atoms with E-state index in [0.717, 1.165) is 21.9 Å². The molecule has 0 fully saturated rings. The van der Waals surface area contributed by atoms with Gasteiger partial charge in [0.2, 0.25) is 0 Å². The van der Waals surface area contributed by atoms with Crippen molar-refractivity contribution in [2.24, 2.45) is 5.73 Å². The second kappa shape index (κ2) is 5.31. The van der Waals surface area contributed by atoms with E-state index in [9.17, 15) is 9.90 Å². The van der Waals surface area contributed by atoms with Crippen LogP contribution in [0, 0.1) is 0 Å². The molecule has 0 saturated heterocycles. The number of hydrogen-bond acceptors (Lipinski definition) is 4. The molecule has 2 heterocycles. The van der Waals surface area contributed by atoms with Gasteiger partial charge in [0, 0.05) is 22.5 Å². The zero-order valence-electron chi connectivity index (χ0n) is 12.6. The third-order valence-corrected chi connectivity index (χ3v) is 3.97. The molecule has 0 atom stereocenters. The predicted molar refractivity (Wildman–Crippen MR) is 92.7 cm³/mol. The lowest BCUT2D eigenvalue weighted by Crippen LogP contribution is -2.14. The average molecular weight is 315 g/mol. The van der Waals surface area contributed by atoms with Crippen molar-refractivity contribution in [3.63, 3.8) is 0 Å². The normalized spacial score (nSPS) is 11.0. The van der Waals surface area contributed by atoms with Crippen molar-refractivity contribution in [3.8, 4) is 16.9 Å². The van der Waals surface area contributed by atoms with Gasteiger partial charge in [-0.25, -0.2) is 4.98 Å². The number of carbonyl (C=O) groups is 1. The second-order valence-corrected chi connectivity index (χ2v) is 5.51. The molecule has 5 nitrogen and oxygen atoms in total. The summed E-state index contributed by atoms with van der Waals surface area (Å²) in [6, 6.07) is 16.2. The van der Waals surface area contributed by atoms with Crippen molar-refractivity contribution >= 4 is 27.7 Å². The SMILES string of the molecule is NC(=O)c1nc2c(ccc3cccnc32)cc1-c1ccc(O)cc1. The molecule has 5 heteroatoms. The average Bonchev–Trinajstić information content (AvgIpc) is 2.61. The number of hydrogen-bond donors (Lipinski definition) is 2. The first-order chi connectivity index (χ1) is 11.6. The van der Waals surface area contributed by atoms with Gasteiger partial charge in [-0.3, -0.25) is 9.78 Å². The van der Waals surface area contributed by atoms with Crippen molar-refractivity contribution in [1.29, 1.82) is 0 Å². The van der Waals surface area contributed by atoms with Crippen LogP contribution in [0.25, 0.3) is 32.9 Å². The number of pyridine rings is 2. The number of primary amides is 1. The Hall–Kier alpha value is -3.47. The number of aromatic hydroxyl groups is 1. The van der Waals surface area contributed by atoms with Crippen LogP contribution in [-0.4, -0.2) is 21.0 Å². The summed E-state index contributed by atoms with van der Waals surface area (Å²) in [7, 11) is 0. The van der Waals surface area contributed by atoms with Crippen LogP contribution in [0.1, 0.15) is 10.5 Å². The van der Waals surface area contributed by atoms with Crippen LogP contribution < -0.4 is 5.73 Å². The van der Waals surface area contributed by atoms with E-state index < -0.39 is 5.91 Å². The van der Waals surface area contributed by atoms with Gasteiger partial charge in [-0.2, -0.15) is 0 Å². The van der Waals surface area contributed by atoms with Crippen LogP contribution in [0.15, 0.2) is 60.8 Å². The van der Waals surface area contributed by atoms with Gasteiger partial charge in [0.15, 0.2) is 0 Å². The Kier molecular flexibility index (Phi) is 3.13. The number of rotatable bonds is 2. The van der Waals surface area contributed by atoms with Gasteiger partial charge < -0.3 is 10.8 Å². The molecule has 0 aliphatic rings. The smallest absolute Gasteiger partial charge is 0.267 e. The van der Waals surface area contributed by atoms with E-state index in [0.29, 0.717) is 11.1 Å². The van der Waals surface area contributed by atoms with Crippen LogP contribution in [0.5, 0.6) is 5.75 Å². The first-order valence-electron chi connectivity index (χ1n) is 7.41. The Morgan fingerprint density at radius 2 is 1.71 bits per heavy atom. The molecule has 0 aliphatic carbocycles. The molecule has 0 aliphatic heterocycles. The number of nitrogens with zero attached hydrogens (tertiary/aromatic N) is 2. The van der Waals surface area contributed by atoms with Crippen molar-refractivity contribution in [3.05, 3.63) is 66.5 Å². The number of phenolic OH excluding ortho intramolecular Hbond substituents is 1. The number of carbonyl (C=O) groups excluding carboxylic acids is 1. The van der Waals surface area contributed by atoms with Crippen LogP contribution in [0.4, 0.5) is 0 Å². The van der Waals surface area contributed by atoms with Crippen molar-refractivity contribution in [2.75, 3.05) is 0 Å². The Balaban J connectivity index is 2.07. The minimum atomic E-state index is -0.604. The minimum Gasteiger partial charge on any atom is -0.508 e. The maximum atomic E-state index is 11.9. The van der Waals surface area contributed by atoms with Gasteiger partial charge in [0.05, 0.1) is 11.0 Å². The fourth-order valence-corrected chi connectivity index (χ4v) is 2.82. The maximum Gasteiger partial charge on any atom is 0.267 e. The summed E-state index contributed by atoms with van der Waals surface area (Å²) >= 11 is 0. The van der Waals surface area contributed by atoms with Crippen LogP contribution >= 0.6 is 0 Å². The molecule has 0 radical (unpaired) electrons. The summed E-state index contributed by atoms with van der Waals surface area (Å²) in [6.07, 6.45) is 1.70. The summed E-state index contributed by atoms with van der Waals surface area (Å²) in [5.41, 5.74) is 8.50. The molecule has 0 saturated carbocycles. The van der Waals surface area contributed by atoms with Gasteiger partial charge in [-0.15, -0.1) is 0 Å². The van der Waals surface area contributed by atoms with Gasteiger partial charge in [-0.05, 0) is 29.8 Å². The molecule has 2 aromatic carbocycles. The molecule has 2 aromatic heterocycles. The number of benzene rings is 2. The first-order valence-corrected chi connectivity index (χ1v) is 7.41. The number of phenols is 1. The maximum absolute atomic E-state index is 11.9. The van der Waals surface area contributed by atoms with E-state index in [4.69, 9.17) is 5.73 Å². The number of amides is 1. The van der Waals surface area contributed by atoms with E-state index in [1.54, 1.807) is 30.5 Å². The highest BCUT2D eigenvalue weighted by atomic mass is 16.3. The van der Waals surface area contributed by atoms with Crippen LogP contribution in [0.2, 0.25) is 0 Å². The zero-order chi connectivity index (χ0) is 16.7. The fraction of sp³-hybridized carbons (Fsp3) is 0. The molecule has 116 valence electrons. The predicted octanol–water partition coefficient (Wildman–Crippen LogP) is 3.25. The highest BCUT2D eigenvalue weighted by Crippen LogP contribution is 2.30. The summed E-state index contributed by atoms with van der Waals surface area (Å²) in [5.74, 6) is -0.448. The Bertz CT molecular complexity index is 1090. The first kappa shape index (κ1) is 14.1. The Morgan fingerprint density at radius 3 is 2.46 bits per heavy atom. The lowest BCUT2D eigenvalue weighted by molar-refractivity contribution is 0.0996. The molecular formula is C19H13N3O2. The van der Waals surface area contributed by atoms with Crippen LogP contribution in [-0.2, 0) is 0 Å². The zero-order valence-corrected chi connectivity index (χ0v) is 12.6. The van der Waals surface area contributed by atoms with Crippen molar-refractivity contribution < 1.29 is 9.90 Å². The van der Waals surface area contributed by atoms with E-state index in [1.165, 1.54) is 0 Å². The lowest BCUT2D eigenvalue weighted by atomic mass is 10.00. The number of aromatic nitrogens is 2. The highest BCUT2D eigenvalue weighted by molar-refractivity contribution is 6.07. The topological polar surface area (TPSA) is 89.1 Å². The third-order valence-electron chi connectivity index (χ3n) is 3.97. The van der Waals surface area contributed by atoms with Gasteiger partial charge in [-0.1, -0.05) is 30.3 Å².